The smallest absolute Gasteiger partial charge is 0.0556 e. The van der Waals surface area contributed by atoms with Crippen molar-refractivity contribution in [3.8, 4) is 0 Å². The van der Waals surface area contributed by atoms with E-state index in [2.05, 4.69) is 19.2 Å². The summed E-state index contributed by atoms with van der Waals surface area (Å²) in [6.07, 6.45) is 3.60. The number of aliphatic hydroxyl groups is 1. The maximum Gasteiger partial charge on any atom is 0.0556 e. The van der Waals surface area contributed by atoms with Crippen LogP contribution in [0.2, 0.25) is 0 Å². The van der Waals surface area contributed by atoms with Crippen molar-refractivity contribution in [2.24, 2.45) is 0 Å². The van der Waals surface area contributed by atoms with Gasteiger partial charge in [0.1, 0.15) is 0 Å². The summed E-state index contributed by atoms with van der Waals surface area (Å²) in [7, 11) is 0. The monoisotopic (exact) mass is 145 g/mol. The molecule has 1 atom stereocenters. The molecule has 0 aromatic carbocycles. The van der Waals surface area contributed by atoms with Gasteiger partial charge in [0, 0.05) is 12.6 Å². The lowest BCUT2D eigenvalue weighted by Gasteiger charge is -2.14. The van der Waals surface area contributed by atoms with Gasteiger partial charge >= 0.3 is 0 Å². The van der Waals surface area contributed by atoms with E-state index in [-0.39, 0.29) is 6.61 Å². The highest BCUT2D eigenvalue weighted by atomic mass is 16.3. The van der Waals surface area contributed by atoms with Crippen LogP contribution in [0.3, 0.4) is 0 Å². The van der Waals surface area contributed by atoms with Crippen LogP contribution in [0.15, 0.2) is 0 Å². The van der Waals surface area contributed by atoms with E-state index in [1.165, 1.54) is 12.8 Å². The first-order valence-electron chi connectivity index (χ1n) is 4.19. The number of hydrogen-bond acceptors (Lipinski definition) is 2. The van der Waals surface area contributed by atoms with Gasteiger partial charge in [-0.15, -0.1) is 0 Å². The molecule has 0 saturated carbocycles. The fourth-order valence-electron chi connectivity index (χ4n) is 1.07. The largest absolute Gasteiger partial charge is 0.395 e. The maximum atomic E-state index is 8.52. The standard InChI is InChI=1S/C8H19NO/c1-3-5-8(4-2)9-6-7-10/h8-10H,3-7H2,1-2H3/t8-/m0/s1. The molecule has 0 aliphatic rings. The molecule has 0 spiro atoms. The Morgan fingerprint density at radius 1 is 1.40 bits per heavy atom. The van der Waals surface area contributed by atoms with E-state index in [1.54, 1.807) is 0 Å². The summed E-state index contributed by atoms with van der Waals surface area (Å²) in [4.78, 5) is 0. The van der Waals surface area contributed by atoms with E-state index in [9.17, 15) is 0 Å². The fraction of sp³-hybridized carbons (Fsp3) is 1.00. The third-order valence-electron chi connectivity index (χ3n) is 1.67. The van der Waals surface area contributed by atoms with Gasteiger partial charge in [0.15, 0.2) is 0 Å². The van der Waals surface area contributed by atoms with Crippen LogP contribution in [0.1, 0.15) is 33.1 Å². The van der Waals surface area contributed by atoms with Crippen LogP contribution in [-0.4, -0.2) is 24.3 Å². The first kappa shape index (κ1) is 9.92. The molecule has 0 heterocycles. The van der Waals surface area contributed by atoms with Crippen molar-refractivity contribution in [1.82, 2.24) is 5.32 Å². The summed E-state index contributed by atoms with van der Waals surface area (Å²) in [5.41, 5.74) is 0. The summed E-state index contributed by atoms with van der Waals surface area (Å²) in [6.45, 7) is 5.34. The Balaban J connectivity index is 3.21. The van der Waals surface area contributed by atoms with E-state index in [1.807, 2.05) is 0 Å². The summed E-state index contributed by atoms with van der Waals surface area (Å²) in [6, 6.07) is 0.608. The highest BCUT2D eigenvalue weighted by Gasteiger charge is 2.01. The Labute approximate surface area is 63.6 Å². The molecule has 0 aliphatic carbocycles. The zero-order chi connectivity index (χ0) is 7.82. The molecule has 0 fully saturated rings. The quantitative estimate of drug-likeness (QED) is 0.587. The summed E-state index contributed by atoms with van der Waals surface area (Å²) in [5, 5.41) is 11.8. The first-order valence-corrected chi connectivity index (χ1v) is 4.19. The van der Waals surface area contributed by atoms with Gasteiger partial charge in [0.05, 0.1) is 6.61 Å². The fourth-order valence-corrected chi connectivity index (χ4v) is 1.07. The van der Waals surface area contributed by atoms with Crippen molar-refractivity contribution in [3.05, 3.63) is 0 Å². The maximum absolute atomic E-state index is 8.52. The van der Waals surface area contributed by atoms with Crippen molar-refractivity contribution in [2.75, 3.05) is 13.2 Å². The van der Waals surface area contributed by atoms with Gasteiger partial charge in [-0.05, 0) is 12.8 Å². The van der Waals surface area contributed by atoms with Crippen molar-refractivity contribution >= 4 is 0 Å². The average molecular weight is 145 g/mol. The second kappa shape index (κ2) is 7.03. The number of hydrogen-bond donors (Lipinski definition) is 2. The van der Waals surface area contributed by atoms with Crippen LogP contribution in [0.5, 0.6) is 0 Å². The molecule has 0 rings (SSSR count). The molecule has 10 heavy (non-hydrogen) atoms. The van der Waals surface area contributed by atoms with Crippen LogP contribution < -0.4 is 5.32 Å². The zero-order valence-corrected chi connectivity index (χ0v) is 7.06. The second-order valence-corrected chi connectivity index (χ2v) is 2.57. The lowest BCUT2D eigenvalue weighted by atomic mass is 10.1. The number of nitrogens with one attached hydrogen (secondary N) is 1. The Hall–Kier alpha value is -0.0800. The van der Waals surface area contributed by atoms with E-state index in [4.69, 9.17) is 5.11 Å². The van der Waals surface area contributed by atoms with Gasteiger partial charge in [-0.3, -0.25) is 0 Å². The van der Waals surface area contributed by atoms with Crippen molar-refractivity contribution in [3.63, 3.8) is 0 Å². The lowest BCUT2D eigenvalue weighted by Crippen LogP contribution is -2.30. The van der Waals surface area contributed by atoms with E-state index in [0.29, 0.717) is 6.04 Å². The van der Waals surface area contributed by atoms with Gasteiger partial charge in [-0.2, -0.15) is 0 Å². The minimum Gasteiger partial charge on any atom is -0.395 e. The van der Waals surface area contributed by atoms with Gasteiger partial charge < -0.3 is 10.4 Å². The molecule has 0 aromatic heterocycles. The predicted molar refractivity (Wildman–Crippen MR) is 44.1 cm³/mol. The normalized spacial score (nSPS) is 13.5. The molecule has 0 saturated heterocycles. The third-order valence-corrected chi connectivity index (χ3v) is 1.67. The van der Waals surface area contributed by atoms with Crippen molar-refractivity contribution < 1.29 is 5.11 Å². The molecule has 0 radical (unpaired) electrons. The SMILES string of the molecule is CCC[C@H](CC)NCCO. The highest BCUT2D eigenvalue weighted by Crippen LogP contribution is 1.99. The molecular weight excluding hydrogens is 126 g/mol. The van der Waals surface area contributed by atoms with Gasteiger partial charge in [-0.1, -0.05) is 20.3 Å². The topological polar surface area (TPSA) is 32.3 Å². The van der Waals surface area contributed by atoms with Gasteiger partial charge in [0.25, 0.3) is 0 Å². The molecule has 0 aliphatic heterocycles. The summed E-state index contributed by atoms with van der Waals surface area (Å²) >= 11 is 0. The molecule has 0 amide bonds. The average Bonchev–Trinajstić information content (AvgIpc) is 1.98. The van der Waals surface area contributed by atoms with E-state index >= 15 is 0 Å². The molecule has 2 heteroatoms. The summed E-state index contributed by atoms with van der Waals surface area (Å²) in [5.74, 6) is 0. The third kappa shape index (κ3) is 4.77. The Kier molecular flexibility index (Phi) is 6.98. The minimum atomic E-state index is 0.250. The minimum absolute atomic E-state index is 0.250. The highest BCUT2D eigenvalue weighted by molar-refractivity contribution is 4.62. The predicted octanol–water partition coefficient (Wildman–Crippen LogP) is 1.15. The molecule has 0 aromatic rings. The van der Waals surface area contributed by atoms with Crippen molar-refractivity contribution in [1.29, 1.82) is 0 Å². The van der Waals surface area contributed by atoms with Gasteiger partial charge in [-0.25, -0.2) is 0 Å². The molecule has 2 nitrogen and oxygen atoms in total. The first-order chi connectivity index (χ1) is 4.85. The van der Waals surface area contributed by atoms with E-state index in [0.717, 1.165) is 13.0 Å². The van der Waals surface area contributed by atoms with Crippen LogP contribution in [0.25, 0.3) is 0 Å². The molecule has 0 unspecified atom stereocenters. The zero-order valence-electron chi connectivity index (χ0n) is 7.06. The van der Waals surface area contributed by atoms with Crippen LogP contribution in [0.4, 0.5) is 0 Å². The number of aliphatic hydroxyl groups excluding tert-OH is 1. The molecule has 2 N–H and O–H groups in total. The Bertz CT molecular complexity index is 66.3. The van der Waals surface area contributed by atoms with E-state index < -0.39 is 0 Å². The Morgan fingerprint density at radius 2 is 2.10 bits per heavy atom. The second-order valence-electron chi connectivity index (χ2n) is 2.57. The Morgan fingerprint density at radius 3 is 2.50 bits per heavy atom. The molecule has 62 valence electrons. The van der Waals surface area contributed by atoms with Crippen LogP contribution in [-0.2, 0) is 0 Å². The molecule has 0 bridgehead atoms. The lowest BCUT2D eigenvalue weighted by molar-refractivity contribution is 0.280. The number of rotatable bonds is 6. The van der Waals surface area contributed by atoms with Gasteiger partial charge in [0.2, 0.25) is 0 Å². The summed E-state index contributed by atoms with van der Waals surface area (Å²) < 4.78 is 0. The van der Waals surface area contributed by atoms with Crippen LogP contribution in [0, 0.1) is 0 Å². The van der Waals surface area contributed by atoms with Crippen molar-refractivity contribution in [2.45, 2.75) is 39.2 Å². The molecular formula is C8H19NO. The van der Waals surface area contributed by atoms with Crippen LogP contribution >= 0.6 is 0 Å².